The molecule has 0 saturated heterocycles. The van der Waals surface area contributed by atoms with Crippen LogP contribution < -0.4 is 0 Å². The smallest absolute Gasteiger partial charge is 0.272 e. The fraction of sp³-hybridized carbons (Fsp3) is 1.00. The maximum absolute atomic E-state index is 10.7. The van der Waals surface area contributed by atoms with Gasteiger partial charge in [-0.1, -0.05) is 69.0 Å². The molecule has 0 fully saturated rings. The summed E-state index contributed by atoms with van der Waals surface area (Å²) >= 11 is 0. The normalized spacial score (nSPS) is 12.7. The van der Waals surface area contributed by atoms with E-state index in [9.17, 15) is 16.8 Å². The molecule has 0 radical (unpaired) electrons. The van der Waals surface area contributed by atoms with Gasteiger partial charge in [0.25, 0.3) is 0 Å². The lowest BCUT2D eigenvalue weighted by Crippen LogP contribution is -2.17. The van der Waals surface area contributed by atoms with E-state index in [1.54, 1.807) is 0 Å². The highest BCUT2D eigenvalue weighted by atomic mass is 33.2. The van der Waals surface area contributed by atoms with Gasteiger partial charge in [0.05, 0.1) is 6.61 Å². The fourth-order valence-corrected chi connectivity index (χ4v) is 2.36. The van der Waals surface area contributed by atoms with E-state index in [0.717, 1.165) is 19.3 Å². The summed E-state index contributed by atoms with van der Waals surface area (Å²) < 4.78 is 54.2. The van der Waals surface area contributed by atoms with Gasteiger partial charge < -0.3 is 0 Å². The number of rotatable bonds is 14. The van der Waals surface area contributed by atoms with Gasteiger partial charge in [0.2, 0.25) is 0 Å². The lowest BCUT2D eigenvalue weighted by molar-refractivity contribution is -0.199. The van der Waals surface area contributed by atoms with Crippen molar-refractivity contribution in [3.05, 3.63) is 0 Å². The van der Waals surface area contributed by atoms with E-state index in [-0.39, 0.29) is 6.61 Å². The van der Waals surface area contributed by atoms with Crippen molar-refractivity contribution in [2.24, 2.45) is 0 Å². The monoisotopic (exact) mass is 346 g/mol. The second kappa shape index (κ2) is 11.4. The van der Waals surface area contributed by atoms with Crippen LogP contribution in [0.1, 0.15) is 71.1 Å². The van der Waals surface area contributed by atoms with Crippen LogP contribution in [0.5, 0.6) is 0 Å². The van der Waals surface area contributed by atoms with Crippen molar-refractivity contribution in [3.63, 3.8) is 0 Å². The van der Waals surface area contributed by atoms with Crippen molar-refractivity contribution >= 4 is 18.3 Å². The van der Waals surface area contributed by atoms with Crippen molar-refractivity contribution < 1.29 is 30.6 Å². The number of unbranched alkanes of at least 4 members (excludes halogenated alkanes) is 9. The van der Waals surface area contributed by atoms with Crippen molar-refractivity contribution in [1.29, 1.82) is 0 Å². The Morgan fingerprint density at radius 3 is 1.62 bits per heavy atom. The van der Waals surface area contributed by atoms with Crippen LogP contribution in [-0.4, -0.2) is 28.0 Å². The van der Waals surface area contributed by atoms with E-state index in [1.807, 2.05) is 0 Å². The molecular weight excluding hydrogens is 320 g/mol. The van der Waals surface area contributed by atoms with Crippen LogP contribution in [0.4, 0.5) is 0 Å². The molecule has 0 atom stereocenters. The second-order valence-corrected chi connectivity index (χ2v) is 9.20. The SMILES string of the molecule is CCCCCCCCCCCCOOS(=O)(=O)S(=O)(=O)O. The van der Waals surface area contributed by atoms with Gasteiger partial charge in [-0.2, -0.15) is 16.8 Å². The highest BCUT2D eigenvalue weighted by Crippen LogP contribution is 2.11. The average molecular weight is 346 g/mol. The Morgan fingerprint density at radius 2 is 1.19 bits per heavy atom. The van der Waals surface area contributed by atoms with Gasteiger partial charge in [-0.25, -0.2) is 4.89 Å². The molecule has 0 aliphatic rings. The van der Waals surface area contributed by atoms with E-state index >= 15 is 0 Å². The quantitative estimate of drug-likeness (QED) is 0.169. The largest absolute Gasteiger partial charge is 0.426 e. The minimum absolute atomic E-state index is 0.0365. The van der Waals surface area contributed by atoms with Gasteiger partial charge in [0.1, 0.15) is 0 Å². The summed E-state index contributed by atoms with van der Waals surface area (Å²) in [7, 11) is -10.4. The molecule has 0 aromatic carbocycles. The Morgan fingerprint density at radius 1 is 0.762 bits per heavy atom. The van der Waals surface area contributed by atoms with E-state index in [2.05, 4.69) is 16.1 Å². The first-order valence-corrected chi connectivity index (χ1v) is 10.7. The first-order valence-electron chi connectivity index (χ1n) is 7.35. The zero-order chi connectivity index (χ0) is 16.2. The lowest BCUT2D eigenvalue weighted by atomic mass is 10.1. The van der Waals surface area contributed by atoms with Crippen LogP contribution in [0.3, 0.4) is 0 Å². The summed E-state index contributed by atoms with van der Waals surface area (Å²) in [6.07, 6.45) is 11.1. The second-order valence-electron chi connectivity index (χ2n) is 4.91. The third kappa shape index (κ3) is 11.1. The first-order chi connectivity index (χ1) is 9.81. The van der Waals surface area contributed by atoms with Gasteiger partial charge in [0.15, 0.2) is 0 Å². The third-order valence-electron chi connectivity index (χ3n) is 2.97. The third-order valence-corrected chi connectivity index (χ3v) is 5.46. The molecule has 128 valence electrons. The molecule has 0 bridgehead atoms. The van der Waals surface area contributed by atoms with Crippen LogP contribution in [0, 0.1) is 0 Å². The zero-order valence-corrected chi connectivity index (χ0v) is 14.1. The van der Waals surface area contributed by atoms with Gasteiger partial charge in [-0.15, -0.1) is 0 Å². The molecule has 21 heavy (non-hydrogen) atoms. The van der Waals surface area contributed by atoms with Crippen molar-refractivity contribution in [3.8, 4) is 0 Å². The molecular formula is C12H26O7S2. The van der Waals surface area contributed by atoms with E-state index in [4.69, 9.17) is 4.55 Å². The summed E-state index contributed by atoms with van der Waals surface area (Å²) in [6, 6.07) is 0. The van der Waals surface area contributed by atoms with E-state index in [1.165, 1.54) is 38.5 Å². The molecule has 0 aliphatic carbocycles. The molecule has 9 heteroatoms. The molecule has 1 N–H and O–H groups in total. The van der Waals surface area contributed by atoms with Gasteiger partial charge in [0, 0.05) is 0 Å². The minimum atomic E-state index is -5.29. The average Bonchev–Trinajstić information content (AvgIpc) is 2.38. The molecule has 0 spiro atoms. The molecule has 0 aromatic heterocycles. The van der Waals surface area contributed by atoms with Gasteiger partial charge >= 0.3 is 18.3 Å². The molecule has 7 nitrogen and oxygen atoms in total. The van der Waals surface area contributed by atoms with Crippen LogP contribution in [0.2, 0.25) is 0 Å². The van der Waals surface area contributed by atoms with Crippen molar-refractivity contribution in [1.82, 2.24) is 0 Å². The van der Waals surface area contributed by atoms with Crippen LogP contribution in [-0.2, 0) is 27.5 Å². The first kappa shape index (κ1) is 20.8. The summed E-state index contributed by atoms with van der Waals surface area (Å²) in [5.74, 6) is 0. The molecule has 0 heterocycles. The molecule has 0 rings (SSSR count). The fourth-order valence-electron chi connectivity index (χ4n) is 1.78. The molecule has 0 aliphatic heterocycles. The Balaban J connectivity index is 3.38. The summed E-state index contributed by atoms with van der Waals surface area (Å²) in [4.78, 5) is 4.27. The summed E-state index contributed by atoms with van der Waals surface area (Å²) in [5.41, 5.74) is 0. The Labute approximate surface area is 127 Å². The Hall–Kier alpha value is -0.220. The van der Waals surface area contributed by atoms with E-state index < -0.39 is 18.3 Å². The van der Waals surface area contributed by atoms with Crippen LogP contribution >= 0.6 is 0 Å². The molecule has 0 amide bonds. The number of hydrogen-bond acceptors (Lipinski definition) is 6. The Kier molecular flexibility index (Phi) is 11.2. The van der Waals surface area contributed by atoms with Gasteiger partial charge in [-0.3, -0.25) is 4.55 Å². The highest BCUT2D eigenvalue weighted by Gasteiger charge is 2.29. The molecule has 0 aromatic rings. The van der Waals surface area contributed by atoms with Gasteiger partial charge in [-0.05, 0) is 6.42 Å². The predicted octanol–water partition coefficient (Wildman–Crippen LogP) is 2.99. The maximum atomic E-state index is 10.7. The van der Waals surface area contributed by atoms with E-state index in [0.29, 0.717) is 6.42 Å². The zero-order valence-electron chi connectivity index (χ0n) is 12.5. The van der Waals surface area contributed by atoms with Crippen LogP contribution in [0.15, 0.2) is 0 Å². The van der Waals surface area contributed by atoms with Crippen LogP contribution in [0.25, 0.3) is 0 Å². The van der Waals surface area contributed by atoms with Crippen molar-refractivity contribution in [2.45, 2.75) is 71.1 Å². The lowest BCUT2D eigenvalue weighted by Gasteiger charge is -2.03. The Bertz CT molecular complexity index is 442. The molecule has 0 unspecified atom stereocenters. The topological polar surface area (TPSA) is 107 Å². The predicted molar refractivity (Wildman–Crippen MR) is 79.3 cm³/mol. The molecule has 0 saturated carbocycles. The minimum Gasteiger partial charge on any atom is -0.272 e. The highest BCUT2D eigenvalue weighted by molar-refractivity contribution is 8.62. The maximum Gasteiger partial charge on any atom is 0.426 e. The standard InChI is InChI=1S/C12H26O7S2/c1-2-3-4-5-6-7-8-9-10-11-12-18-19-21(16,17)20(13,14)15/h2-12H2,1H3,(H,13,14,15). The van der Waals surface area contributed by atoms with Crippen molar-refractivity contribution in [2.75, 3.05) is 6.61 Å². The summed E-state index contributed by atoms with van der Waals surface area (Å²) in [5, 5.41) is 0. The number of hydrogen-bond donors (Lipinski definition) is 1. The summed E-state index contributed by atoms with van der Waals surface area (Å²) in [6.45, 7) is 2.15.